The number of carbonyl (C=O) groups excluding carboxylic acids is 1. The third-order valence-corrected chi connectivity index (χ3v) is 10.1. The molecule has 3 aromatic carbocycles. The van der Waals surface area contributed by atoms with E-state index >= 15 is 0 Å². The van der Waals surface area contributed by atoms with Crippen LogP contribution in [0.25, 0.3) is 11.2 Å². The number of hydrogen-bond acceptors (Lipinski definition) is 13. The molecule has 55 heavy (non-hydrogen) atoms. The molecular formula is C38H40N7O9P. The molecular weight excluding hydrogens is 729 g/mol. The SMILES string of the molecule is Nc1nc(NC2CC2)c2ncn([C@H]3C=C[C@@H](COP(=O)(O)OC(=O)[C@@](CC(=O)O)(c4ccccc4)N(OCc4ccccc4)OCc4ccccc4)C3)c2n1. The number of phosphoric acid groups is 1. The van der Waals surface area contributed by atoms with Crippen molar-refractivity contribution in [3.63, 3.8) is 0 Å². The van der Waals surface area contributed by atoms with Gasteiger partial charge in [-0.25, -0.2) is 14.3 Å². The quantitative estimate of drug-likeness (QED) is 0.0478. The number of imidazole rings is 1. The van der Waals surface area contributed by atoms with Gasteiger partial charge in [0.15, 0.2) is 17.0 Å². The van der Waals surface area contributed by atoms with E-state index < -0.39 is 31.7 Å². The lowest BCUT2D eigenvalue weighted by Crippen LogP contribution is -2.53. The number of aliphatic carboxylic acids is 1. The van der Waals surface area contributed by atoms with E-state index in [0.29, 0.717) is 40.6 Å². The van der Waals surface area contributed by atoms with Crippen molar-refractivity contribution in [2.45, 2.75) is 56.5 Å². The van der Waals surface area contributed by atoms with Crippen molar-refractivity contribution in [3.05, 3.63) is 126 Å². The fourth-order valence-corrected chi connectivity index (χ4v) is 7.11. The molecule has 7 rings (SSSR count). The van der Waals surface area contributed by atoms with E-state index in [9.17, 15) is 24.2 Å². The van der Waals surface area contributed by atoms with Crippen LogP contribution in [0.5, 0.6) is 0 Å². The minimum atomic E-state index is -5.17. The van der Waals surface area contributed by atoms with Gasteiger partial charge < -0.3 is 25.2 Å². The molecule has 0 saturated heterocycles. The van der Waals surface area contributed by atoms with Crippen LogP contribution in [0.2, 0.25) is 0 Å². The van der Waals surface area contributed by atoms with Crippen LogP contribution in [0.4, 0.5) is 11.8 Å². The van der Waals surface area contributed by atoms with Gasteiger partial charge in [0.2, 0.25) is 11.5 Å². The van der Waals surface area contributed by atoms with E-state index in [1.165, 1.54) is 12.1 Å². The number of nitrogens with one attached hydrogen (secondary N) is 1. The summed E-state index contributed by atoms with van der Waals surface area (Å²) in [5.74, 6) is -2.58. The molecule has 286 valence electrons. The number of hydroxylamine groups is 2. The Morgan fingerprint density at radius 2 is 1.55 bits per heavy atom. The first kappa shape index (κ1) is 37.8. The fourth-order valence-electron chi connectivity index (χ4n) is 6.32. The van der Waals surface area contributed by atoms with Crippen LogP contribution >= 0.6 is 7.82 Å². The molecule has 2 aliphatic rings. The maximum atomic E-state index is 14.4. The lowest BCUT2D eigenvalue weighted by molar-refractivity contribution is -0.421. The van der Waals surface area contributed by atoms with Crippen LogP contribution in [-0.4, -0.2) is 59.3 Å². The number of nitrogen functional groups attached to an aromatic ring is 1. The first-order valence-electron chi connectivity index (χ1n) is 17.7. The van der Waals surface area contributed by atoms with Gasteiger partial charge in [0, 0.05) is 12.0 Å². The predicted octanol–water partition coefficient (Wildman–Crippen LogP) is 5.70. The molecule has 2 aromatic heterocycles. The highest BCUT2D eigenvalue weighted by Gasteiger charge is 2.54. The van der Waals surface area contributed by atoms with Crippen molar-refractivity contribution in [1.82, 2.24) is 24.7 Å². The van der Waals surface area contributed by atoms with Gasteiger partial charge >= 0.3 is 19.8 Å². The third-order valence-electron chi connectivity index (χ3n) is 9.20. The average molecular weight is 770 g/mol. The summed E-state index contributed by atoms with van der Waals surface area (Å²) in [6, 6.07) is 25.8. The molecule has 17 heteroatoms. The Labute approximate surface area is 316 Å². The van der Waals surface area contributed by atoms with E-state index in [2.05, 4.69) is 20.3 Å². The summed E-state index contributed by atoms with van der Waals surface area (Å²) in [5, 5.41) is 14.3. The van der Waals surface area contributed by atoms with Gasteiger partial charge in [-0.05, 0) is 41.2 Å². The number of rotatable bonds is 18. The highest BCUT2D eigenvalue weighted by molar-refractivity contribution is 7.48. The summed E-state index contributed by atoms with van der Waals surface area (Å²) < 4.78 is 26.0. The zero-order chi connectivity index (χ0) is 38.4. The molecule has 1 unspecified atom stereocenters. The molecule has 1 saturated carbocycles. The first-order chi connectivity index (χ1) is 26.6. The zero-order valence-corrected chi connectivity index (χ0v) is 30.5. The van der Waals surface area contributed by atoms with Gasteiger partial charge in [0.05, 0.1) is 38.6 Å². The van der Waals surface area contributed by atoms with E-state index in [1.54, 1.807) is 73.1 Å². The van der Waals surface area contributed by atoms with Crippen LogP contribution < -0.4 is 11.1 Å². The number of aromatic nitrogens is 4. The Bertz CT molecular complexity index is 2140. The normalized spacial score (nSPS) is 18.9. The van der Waals surface area contributed by atoms with Crippen LogP contribution in [0.1, 0.15) is 48.4 Å². The van der Waals surface area contributed by atoms with Crippen LogP contribution in [0.15, 0.2) is 109 Å². The van der Waals surface area contributed by atoms with E-state index in [1.807, 2.05) is 28.9 Å². The summed E-state index contributed by atoms with van der Waals surface area (Å²) in [6.07, 6.45) is 6.91. The minimum absolute atomic E-state index is 0.0672. The highest BCUT2D eigenvalue weighted by atomic mass is 31.2. The maximum absolute atomic E-state index is 14.4. The molecule has 5 N–H and O–H groups in total. The lowest BCUT2D eigenvalue weighted by atomic mass is 9.87. The standard InChI is InChI=1S/C38H40N7O9P/c39-37-42-34(41-30-17-18-30)33-35(43-37)44(25-40-33)31-19-16-28(20-31)24-53-55(49,50)54-36(48)38(21-32(46)47,29-14-8-3-9-15-29)45(51-22-26-10-4-1-5-11-26)52-23-27-12-6-2-7-13-27/h1-16,19,25,28,30-31H,17-18,20-24H2,(H,46,47)(H,49,50)(H3,39,41,42,43)/t28-,31+,38-/m1/s1. The van der Waals surface area contributed by atoms with Gasteiger partial charge in [-0.15, -0.1) is 0 Å². The summed E-state index contributed by atoms with van der Waals surface area (Å²) in [6.45, 7) is -0.603. The number of nitrogens with zero attached hydrogens (tertiary/aromatic N) is 5. The number of fused-ring (bicyclic) bond motifs is 1. The average Bonchev–Trinajstić information content (AvgIpc) is 3.69. The number of carboxylic acids is 1. The molecule has 5 aromatic rings. The summed E-state index contributed by atoms with van der Waals surface area (Å²) in [5.41, 5.74) is 6.14. The second-order valence-electron chi connectivity index (χ2n) is 13.3. The second-order valence-corrected chi connectivity index (χ2v) is 14.7. The van der Waals surface area contributed by atoms with Crippen molar-refractivity contribution < 1.29 is 42.9 Å². The number of benzene rings is 3. The number of carbonyl (C=O) groups is 2. The zero-order valence-electron chi connectivity index (χ0n) is 29.6. The molecule has 0 spiro atoms. The number of allylic oxidation sites excluding steroid dienone is 1. The van der Waals surface area contributed by atoms with Gasteiger partial charge in [-0.1, -0.05) is 103 Å². The maximum Gasteiger partial charge on any atom is 0.529 e. The van der Waals surface area contributed by atoms with Gasteiger partial charge in [0.25, 0.3) is 0 Å². The highest BCUT2D eigenvalue weighted by Crippen LogP contribution is 2.49. The Morgan fingerprint density at radius 1 is 0.927 bits per heavy atom. The van der Waals surface area contributed by atoms with Crippen LogP contribution in [0.3, 0.4) is 0 Å². The summed E-state index contributed by atoms with van der Waals surface area (Å²) >= 11 is 0. The molecule has 4 atom stereocenters. The van der Waals surface area contributed by atoms with Crippen LogP contribution in [-0.2, 0) is 51.6 Å². The Morgan fingerprint density at radius 3 is 2.15 bits per heavy atom. The Hall–Kier alpha value is -5.48. The Kier molecular flexibility index (Phi) is 11.3. The number of phosphoric ester groups is 1. The fraction of sp³-hybridized carbons (Fsp3) is 0.289. The first-order valence-corrected chi connectivity index (χ1v) is 19.2. The predicted molar refractivity (Wildman–Crippen MR) is 199 cm³/mol. The molecule has 0 aliphatic heterocycles. The van der Waals surface area contributed by atoms with Crippen molar-refractivity contribution in [1.29, 1.82) is 0 Å². The molecule has 16 nitrogen and oxygen atoms in total. The molecule has 1 fully saturated rings. The second kappa shape index (κ2) is 16.5. The minimum Gasteiger partial charge on any atom is -0.481 e. The van der Waals surface area contributed by atoms with Gasteiger partial charge in [0.1, 0.15) is 0 Å². The molecule has 0 amide bonds. The number of carboxylic acid groups (broad SMARTS) is 1. The largest absolute Gasteiger partial charge is 0.529 e. The third kappa shape index (κ3) is 9.08. The van der Waals surface area contributed by atoms with Crippen molar-refractivity contribution in [3.8, 4) is 0 Å². The van der Waals surface area contributed by atoms with E-state index in [0.717, 1.165) is 18.1 Å². The van der Waals surface area contributed by atoms with Crippen molar-refractivity contribution in [2.75, 3.05) is 17.7 Å². The van der Waals surface area contributed by atoms with Gasteiger partial charge in [-0.3, -0.25) is 23.9 Å². The van der Waals surface area contributed by atoms with Crippen molar-refractivity contribution >= 4 is 42.7 Å². The monoisotopic (exact) mass is 769 g/mol. The smallest absolute Gasteiger partial charge is 0.481 e. The van der Waals surface area contributed by atoms with E-state index in [4.69, 9.17) is 24.5 Å². The lowest BCUT2D eigenvalue weighted by Gasteiger charge is -2.38. The van der Waals surface area contributed by atoms with E-state index in [-0.39, 0.29) is 43.3 Å². The number of nitrogens with two attached hydrogens (primary N) is 1. The summed E-state index contributed by atoms with van der Waals surface area (Å²) in [4.78, 5) is 63.3. The van der Waals surface area contributed by atoms with Crippen molar-refractivity contribution in [2.24, 2.45) is 5.92 Å². The number of hydrogen-bond donors (Lipinski definition) is 4. The Balaban J connectivity index is 1.10. The molecule has 0 radical (unpaired) electrons. The topological polar surface area (TPSA) is 213 Å². The molecule has 2 aliphatic carbocycles. The molecule has 2 heterocycles. The van der Waals surface area contributed by atoms with Gasteiger partial charge in [-0.2, -0.15) is 9.97 Å². The van der Waals surface area contributed by atoms with Crippen LogP contribution in [0, 0.1) is 5.92 Å². The molecule has 0 bridgehead atoms. The number of anilines is 2. The summed E-state index contributed by atoms with van der Waals surface area (Å²) in [7, 11) is -5.17.